The summed E-state index contributed by atoms with van der Waals surface area (Å²) < 4.78 is 0. The van der Waals surface area contributed by atoms with Crippen LogP contribution in [0.4, 0.5) is 11.6 Å². The summed E-state index contributed by atoms with van der Waals surface area (Å²) >= 11 is 0. The number of aryl methyl sites for hydroxylation is 2. The van der Waals surface area contributed by atoms with Crippen LogP contribution in [0.15, 0.2) is 24.3 Å². The lowest BCUT2D eigenvalue weighted by atomic mass is 10.0. The number of nitrogens with zero attached hydrogens (tertiary/aromatic N) is 3. The summed E-state index contributed by atoms with van der Waals surface area (Å²) in [5, 5.41) is 14.4. The monoisotopic (exact) mass is 286 g/mol. The molecule has 110 valence electrons. The Morgan fingerprint density at radius 2 is 1.95 bits per heavy atom. The van der Waals surface area contributed by atoms with Gasteiger partial charge in [0, 0.05) is 12.1 Å². The van der Waals surface area contributed by atoms with E-state index in [4.69, 9.17) is 0 Å². The third-order valence-electron chi connectivity index (χ3n) is 3.17. The fraction of sp³-hybridized carbons (Fsp3) is 0.333. The zero-order valence-corrected chi connectivity index (χ0v) is 12.4. The first-order valence-corrected chi connectivity index (χ1v) is 6.87. The van der Waals surface area contributed by atoms with Gasteiger partial charge in [-0.3, -0.25) is 10.1 Å². The Bertz CT molecular complexity index is 671. The molecule has 6 heteroatoms. The molecule has 0 spiro atoms. The first-order chi connectivity index (χ1) is 10.0. The van der Waals surface area contributed by atoms with Gasteiger partial charge in [0.1, 0.15) is 5.69 Å². The van der Waals surface area contributed by atoms with Gasteiger partial charge < -0.3 is 5.32 Å². The number of hydrogen-bond acceptors (Lipinski definition) is 5. The Hall–Kier alpha value is -2.50. The molecular formula is C15H18N4O2. The Balaban J connectivity index is 2.63. The predicted octanol–water partition coefficient (Wildman–Crippen LogP) is 3.49. The summed E-state index contributed by atoms with van der Waals surface area (Å²) in [6, 6.07) is 7.50. The summed E-state index contributed by atoms with van der Waals surface area (Å²) in [6.07, 6.45) is 0.930. The summed E-state index contributed by atoms with van der Waals surface area (Å²) in [7, 11) is 0. The van der Waals surface area contributed by atoms with E-state index >= 15 is 0 Å². The molecule has 0 bridgehead atoms. The van der Waals surface area contributed by atoms with E-state index in [-0.39, 0.29) is 5.69 Å². The topological polar surface area (TPSA) is 81.0 Å². The number of aromatic nitrogens is 2. The molecule has 0 amide bonds. The molecule has 21 heavy (non-hydrogen) atoms. The van der Waals surface area contributed by atoms with Crippen molar-refractivity contribution in [1.29, 1.82) is 0 Å². The largest absolute Gasteiger partial charge is 0.354 e. The quantitative estimate of drug-likeness (QED) is 0.672. The van der Waals surface area contributed by atoms with Gasteiger partial charge in [-0.15, -0.1) is 0 Å². The van der Waals surface area contributed by atoms with Gasteiger partial charge >= 0.3 is 5.69 Å². The lowest BCUT2D eigenvalue weighted by molar-refractivity contribution is -0.385. The first kappa shape index (κ1) is 14.9. The molecule has 0 fully saturated rings. The van der Waals surface area contributed by atoms with Crippen molar-refractivity contribution < 1.29 is 4.92 Å². The number of hydrogen-bond donors (Lipinski definition) is 1. The summed E-state index contributed by atoms with van der Waals surface area (Å²) in [5.41, 5.74) is 2.40. The lowest BCUT2D eigenvalue weighted by Gasteiger charge is -2.10. The van der Waals surface area contributed by atoms with Crippen LogP contribution in [0.1, 0.15) is 24.6 Å². The van der Waals surface area contributed by atoms with Gasteiger partial charge in [-0.05, 0) is 25.8 Å². The molecule has 1 aromatic heterocycles. The van der Waals surface area contributed by atoms with Crippen LogP contribution >= 0.6 is 0 Å². The second kappa shape index (κ2) is 6.30. The van der Waals surface area contributed by atoms with Gasteiger partial charge in [0.05, 0.1) is 4.92 Å². The highest BCUT2D eigenvalue weighted by Crippen LogP contribution is 2.32. The Morgan fingerprint density at radius 3 is 2.57 bits per heavy atom. The third-order valence-corrected chi connectivity index (χ3v) is 3.17. The molecule has 6 nitrogen and oxygen atoms in total. The maximum Gasteiger partial charge on any atom is 0.316 e. The molecule has 0 aliphatic carbocycles. The van der Waals surface area contributed by atoms with E-state index in [1.165, 1.54) is 0 Å². The molecular weight excluding hydrogens is 268 g/mol. The lowest BCUT2D eigenvalue weighted by Crippen LogP contribution is -2.09. The first-order valence-electron chi connectivity index (χ1n) is 6.87. The Morgan fingerprint density at radius 1 is 1.24 bits per heavy atom. The molecule has 2 rings (SSSR count). The van der Waals surface area contributed by atoms with Gasteiger partial charge in [0.2, 0.25) is 5.95 Å². The van der Waals surface area contributed by atoms with Gasteiger partial charge in [-0.25, -0.2) is 9.97 Å². The minimum absolute atomic E-state index is 0.0358. The van der Waals surface area contributed by atoms with Crippen molar-refractivity contribution in [3.63, 3.8) is 0 Å². The van der Waals surface area contributed by atoms with Crippen molar-refractivity contribution >= 4 is 11.6 Å². The highest BCUT2D eigenvalue weighted by molar-refractivity contribution is 5.74. The van der Waals surface area contributed by atoms with Crippen molar-refractivity contribution in [3.05, 3.63) is 45.6 Å². The van der Waals surface area contributed by atoms with Crippen LogP contribution in [0, 0.1) is 24.0 Å². The fourth-order valence-electron chi connectivity index (χ4n) is 2.13. The minimum Gasteiger partial charge on any atom is -0.354 e. The Kier molecular flexibility index (Phi) is 4.47. The molecule has 0 saturated carbocycles. The van der Waals surface area contributed by atoms with Gasteiger partial charge in [-0.2, -0.15) is 0 Å². The second-order valence-electron chi connectivity index (χ2n) is 4.83. The average molecular weight is 286 g/mol. The summed E-state index contributed by atoms with van der Waals surface area (Å²) in [6.45, 7) is 6.31. The van der Waals surface area contributed by atoms with Crippen molar-refractivity contribution in [2.24, 2.45) is 0 Å². The average Bonchev–Trinajstić information content (AvgIpc) is 2.44. The van der Waals surface area contributed by atoms with E-state index in [1.807, 2.05) is 38.1 Å². The minimum atomic E-state index is -0.416. The molecule has 1 N–H and O–H groups in total. The normalized spacial score (nSPS) is 10.4. The van der Waals surface area contributed by atoms with Crippen LogP contribution < -0.4 is 5.32 Å². The molecule has 0 aliphatic heterocycles. The zero-order chi connectivity index (χ0) is 15.4. The van der Waals surface area contributed by atoms with Crippen molar-refractivity contribution in [2.75, 3.05) is 11.9 Å². The number of rotatable bonds is 5. The fourth-order valence-corrected chi connectivity index (χ4v) is 2.13. The molecule has 0 unspecified atom stereocenters. The maximum absolute atomic E-state index is 11.4. The van der Waals surface area contributed by atoms with Crippen LogP contribution in [0.25, 0.3) is 11.3 Å². The second-order valence-corrected chi connectivity index (χ2v) is 4.83. The zero-order valence-electron chi connectivity index (χ0n) is 12.4. The number of nitrogens with one attached hydrogen (secondary N) is 1. The molecule has 0 aliphatic rings. The molecule has 0 saturated heterocycles. The SMILES string of the molecule is CCCNc1nc(C)c([N+](=O)[O-])c(-c2ccccc2C)n1. The van der Waals surface area contributed by atoms with Crippen molar-refractivity contribution in [1.82, 2.24) is 9.97 Å². The highest BCUT2D eigenvalue weighted by Gasteiger charge is 2.23. The van der Waals surface area contributed by atoms with Crippen LogP contribution in [-0.4, -0.2) is 21.4 Å². The molecule has 1 aromatic carbocycles. The molecule has 1 heterocycles. The Labute approximate surface area is 123 Å². The van der Waals surface area contributed by atoms with Gasteiger partial charge in [0.25, 0.3) is 0 Å². The van der Waals surface area contributed by atoms with E-state index in [9.17, 15) is 10.1 Å². The number of benzene rings is 1. The highest BCUT2D eigenvalue weighted by atomic mass is 16.6. The van der Waals surface area contributed by atoms with E-state index in [0.717, 1.165) is 24.1 Å². The molecule has 0 atom stereocenters. The van der Waals surface area contributed by atoms with Crippen LogP contribution in [-0.2, 0) is 0 Å². The van der Waals surface area contributed by atoms with Crippen molar-refractivity contribution in [2.45, 2.75) is 27.2 Å². The molecule has 2 aromatic rings. The van der Waals surface area contributed by atoms with Crippen LogP contribution in [0.5, 0.6) is 0 Å². The van der Waals surface area contributed by atoms with E-state index in [2.05, 4.69) is 15.3 Å². The summed E-state index contributed by atoms with van der Waals surface area (Å²) in [5.74, 6) is 0.429. The van der Waals surface area contributed by atoms with Crippen LogP contribution in [0.3, 0.4) is 0 Å². The predicted molar refractivity (Wildman–Crippen MR) is 82.4 cm³/mol. The van der Waals surface area contributed by atoms with Crippen molar-refractivity contribution in [3.8, 4) is 11.3 Å². The number of nitro groups is 1. The van der Waals surface area contributed by atoms with E-state index in [1.54, 1.807) is 6.92 Å². The molecule has 0 radical (unpaired) electrons. The number of anilines is 1. The van der Waals surface area contributed by atoms with E-state index in [0.29, 0.717) is 17.3 Å². The van der Waals surface area contributed by atoms with Crippen LogP contribution in [0.2, 0.25) is 0 Å². The van der Waals surface area contributed by atoms with Gasteiger partial charge in [-0.1, -0.05) is 31.2 Å². The summed E-state index contributed by atoms with van der Waals surface area (Å²) in [4.78, 5) is 19.5. The smallest absolute Gasteiger partial charge is 0.316 e. The third kappa shape index (κ3) is 3.16. The van der Waals surface area contributed by atoms with E-state index < -0.39 is 4.92 Å². The van der Waals surface area contributed by atoms with Gasteiger partial charge in [0.15, 0.2) is 5.69 Å². The maximum atomic E-state index is 11.4. The standard InChI is InChI=1S/C15H18N4O2/c1-4-9-16-15-17-11(3)14(19(20)21)13(18-15)12-8-6-5-7-10(12)2/h5-8H,4,9H2,1-3H3,(H,16,17,18).